The van der Waals surface area contributed by atoms with E-state index in [1.54, 1.807) is 61.5 Å². The number of thioether (sulfide) groups is 1. The topological polar surface area (TPSA) is 83.9 Å². The molecular weight excluding hydrogens is 402 g/mol. The second-order valence-electron chi connectivity index (χ2n) is 5.89. The number of carbonyl (C=O) groups is 3. The molecule has 3 rings (SSSR count). The van der Waals surface area contributed by atoms with Crippen molar-refractivity contribution in [2.45, 2.75) is 19.4 Å². The number of hydrogen-bond donors (Lipinski definition) is 1. The Morgan fingerprint density at radius 1 is 1.21 bits per heavy atom. The van der Waals surface area contributed by atoms with Crippen LogP contribution in [0.4, 0.5) is 10.5 Å². The third kappa shape index (κ3) is 4.21. The number of anilines is 1. The van der Waals surface area contributed by atoms with E-state index in [-0.39, 0.29) is 4.91 Å². The lowest BCUT2D eigenvalue weighted by Crippen LogP contribution is -2.27. The van der Waals surface area contributed by atoms with Crippen LogP contribution >= 0.6 is 23.4 Å². The van der Waals surface area contributed by atoms with Crippen LogP contribution in [0.3, 0.4) is 0 Å². The summed E-state index contributed by atoms with van der Waals surface area (Å²) in [7, 11) is 0. The lowest BCUT2D eigenvalue weighted by Gasteiger charge is -2.13. The molecule has 0 aliphatic carbocycles. The minimum absolute atomic E-state index is 0.274. The summed E-state index contributed by atoms with van der Waals surface area (Å²) in [5.74, 6) is -1.06. The number of aliphatic carboxylic acids is 1. The summed E-state index contributed by atoms with van der Waals surface area (Å²) < 4.78 is 5.41. The molecule has 2 aromatic rings. The molecule has 0 saturated carbocycles. The summed E-state index contributed by atoms with van der Waals surface area (Å²) in [6, 6.07) is 13.3. The summed E-state index contributed by atoms with van der Waals surface area (Å²) in [6.07, 6.45) is 1.02. The normalized spacial score (nSPS) is 16.5. The number of nitrogens with zero attached hydrogens (tertiary/aromatic N) is 1. The molecule has 1 aliphatic rings. The number of benzene rings is 2. The highest BCUT2D eigenvalue weighted by Crippen LogP contribution is 2.38. The number of hydrogen-bond acceptors (Lipinski definition) is 5. The second-order valence-corrected chi connectivity index (χ2v) is 7.29. The van der Waals surface area contributed by atoms with Crippen LogP contribution in [-0.2, 0) is 9.59 Å². The van der Waals surface area contributed by atoms with Gasteiger partial charge >= 0.3 is 5.97 Å². The Morgan fingerprint density at radius 2 is 1.89 bits per heavy atom. The zero-order valence-electron chi connectivity index (χ0n) is 14.8. The number of carboxylic acid groups (broad SMARTS) is 1. The van der Waals surface area contributed by atoms with Crippen molar-refractivity contribution in [2.75, 3.05) is 4.90 Å². The van der Waals surface area contributed by atoms with E-state index in [0.29, 0.717) is 28.4 Å². The Bertz CT molecular complexity index is 957. The van der Waals surface area contributed by atoms with Crippen LogP contribution in [0, 0.1) is 0 Å². The van der Waals surface area contributed by atoms with Crippen molar-refractivity contribution in [3.63, 3.8) is 0 Å². The van der Waals surface area contributed by atoms with Crippen LogP contribution < -0.4 is 9.64 Å². The van der Waals surface area contributed by atoms with Crippen molar-refractivity contribution in [2.24, 2.45) is 0 Å². The molecule has 2 aromatic carbocycles. The third-order valence-corrected chi connectivity index (χ3v) is 5.18. The molecule has 1 saturated heterocycles. The highest BCUT2D eigenvalue weighted by Gasteiger charge is 2.37. The summed E-state index contributed by atoms with van der Waals surface area (Å²) >= 11 is 6.94. The van der Waals surface area contributed by atoms with Crippen molar-refractivity contribution in [1.29, 1.82) is 0 Å². The predicted octanol–water partition coefficient (Wildman–Crippen LogP) is 4.82. The zero-order valence-corrected chi connectivity index (χ0v) is 16.4. The van der Waals surface area contributed by atoms with Crippen LogP contribution in [0.15, 0.2) is 53.4 Å². The van der Waals surface area contributed by atoms with Crippen molar-refractivity contribution in [1.82, 2.24) is 0 Å². The Kier molecular flexibility index (Phi) is 6.06. The van der Waals surface area contributed by atoms with E-state index in [1.807, 2.05) is 0 Å². The average Bonchev–Trinajstić information content (AvgIpc) is 2.94. The Morgan fingerprint density at radius 3 is 2.50 bits per heavy atom. The molecular formula is C20H16ClNO5S. The largest absolute Gasteiger partial charge is 0.479 e. The molecule has 6 nitrogen and oxygen atoms in total. The maximum atomic E-state index is 12.7. The van der Waals surface area contributed by atoms with Gasteiger partial charge < -0.3 is 9.84 Å². The molecule has 1 atom stereocenters. The zero-order chi connectivity index (χ0) is 20.3. The minimum atomic E-state index is -1.03. The van der Waals surface area contributed by atoms with Crippen LogP contribution in [-0.4, -0.2) is 28.3 Å². The van der Waals surface area contributed by atoms with Gasteiger partial charge in [-0.15, -0.1) is 0 Å². The van der Waals surface area contributed by atoms with Gasteiger partial charge in [-0.3, -0.25) is 9.59 Å². The molecule has 144 valence electrons. The maximum absolute atomic E-state index is 12.7. The van der Waals surface area contributed by atoms with Crippen LogP contribution in [0.5, 0.6) is 5.75 Å². The van der Waals surface area contributed by atoms with E-state index in [0.717, 1.165) is 16.7 Å². The number of ether oxygens (including phenoxy) is 1. The number of carbonyl (C=O) groups excluding carboxylic acids is 2. The maximum Gasteiger partial charge on any atom is 0.344 e. The Balaban J connectivity index is 1.79. The predicted molar refractivity (Wildman–Crippen MR) is 109 cm³/mol. The fraction of sp³-hybridized carbons (Fsp3) is 0.150. The fourth-order valence-corrected chi connectivity index (χ4v) is 3.63. The quantitative estimate of drug-likeness (QED) is 0.678. The number of carboxylic acids is 1. The van der Waals surface area contributed by atoms with Crippen molar-refractivity contribution < 1.29 is 24.2 Å². The van der Waals surface area contributed by atoms with Gasteiger partial charge in [0.05, 0.1) is 15.6 Å². The van der Waals surface area contributed by atoms with Gasteiger partial charge in [0.1, 0.15) is 5.75 Å². The van der Waals surface area contributed by atoms with E-state index in [1.165, 1.54) is 0 Å². The van der Waals surface area contributed by atoms with E-state index >= 15 is 0 Å². The molecule has 0 aromatic heterocycles. The first-order valence-corrected chi connectivity index (χ1v) is 9.62. The van der Waals surface area contributed by atoms with Crippen LogP contribution in [0.1, 0.15) is 18.9 Å². The molecule has 0 bridgehead atoms. The van der Waals surface area contributed by atoms with E-state index < -0.39 is 23.2 Å². The minimum Gasteiger partial charge on any atom is -0.479 e. The fourth-order valence-electron chi connectivity index (χ4n) is 2.58. The average molecular weight is 418 g/mol. The molecule has 0 radical (unpaired) electrons. The number of imide groups is 1. The van der Waals surface area contributed by atoms with Crippen LogP contribution in [0.25, 0.3) is 6.08 Å². The molecule has 1 heterocycles. The lowest BCUT2D eigenvalue weighted by molar-refractivity contribution is -0.145. The van der Waals surface area contributed by atoms with E-state index in [2.05, 4.69) is 0 Å². The first-order valence-electron chi connectivity index (χ1n) is 8.42. The molecule has 2 amide bonds. The molecule has 8 heteroatoms. The number of rotatable bonds is 6. The molecule has 1 unspecified atom stereocenters. The molecule has 1 fully saturated rings. The third-order valence-electron chi connectivity index (χ3n) is 3.99. The monoisotopic (exact) mass is 417 g/mol. The standard InChI is InChI=1S/C20H16ClNO5S/c1-2-16(19(24)25)27-13-9-7-12(8-10-13)11-17-18(23)22(20(26)28-17)15-6-4-3-5-14(15)21/h3-11,16H,2H2,1H3,(H,24,25)/b17-11+. The molecule has 28 heavy (non-hydrogen) atoms. The highest BCUT2D eigenvalue weighted by molar-refractivity contribution is 8.19. The van der Waals surface area contributed by atoms with Gasteiger partial charge in [-0.25, -0.2) is 9.69 Å². The summed E-state index contributed by atoms with van der Waals surface area (Å²) in [6.45, 7) is 1.72. The van der Waals surface area contributed by atoms with Gasteiger partial charge in [0.2, 0.25) is 0 Å². The summed E-state index contributed by atoms with van der Waals surface area (Å²) in [5, 5.41) is 8.95. The first kappa shape index (κ1) is 20.0. The smallest absolute Gasteiger partial charge is 0.344 e. The van der Waals surface area contributed by atoms with Crippen molar-refractivity contribution in [3.8, 4) is 5.75 Å². The highest BCUT2D eigenvalue weighted by atomic mass is 35.5. The summed E-state index contributed by atoms with van der Waals surface area (Å²) in [5.41, 5.74) is 1.03. The number of halogens is 1. The van der Waals surface area contributed by atoms with Crippen molar-refractivity contribution >= 4 is 52.2 Å². The van der Waals surface area contributed by atoms with Gasteiger partial charge in [0.25, 0.3) is 11.1 Å². The molecule has 1 N–H and O–H groups in total. The Hall–Kier alpha value is -2.77. The van der Waals surface area contributed by atoms with Gasteiger partial charge in [-0.2, -0.15) is 0 Å². The SMILES string of the molecule is CCC(Oc1ccc(/C=C2/SC(=O)N(c3ccccc3Cl)C2=O)cc1)C(=O)O. The summed E-state index contributed by atoms with van der Waals surface area (Å²) in [4.78, 5) is 37.3. The van der Waals surface area contributed by atoms with E-state index in [9.17, 15) is 14.4 Å². The van der Waals surface area contributed by atoms with Gasteiger partial charge in [-0.1, -0.05) is 42.8 Å². The molecule has 1 aliphatic heterocycles. The van der Waals surface area contributed by atoms with Gasteiger partial charge in [0, 0.05) is 0 Å². The Labute approximate surface area is 170 Å². The van der Waals surface area contributed by atoms with Crippen LogP contribution in [0.2, 0.25) is 5.02 Å². The van der Waals surface area contributed by atoms with Crippen molar-refractivity contribution in [3.05, 3.63) is 64.0 Å². The second kappa shape index (κ2) is 8.50. The van der Waals surface area contributed by atoms with Gasteiger partial charge in [-0.05, 0) is 54.1 Å². The molecule has 0 spiro atoms. The van der Waals surface area contributed by atoms with Gasteiger partial charge in [0.15, 0.2) is 6.10 Å². The van der Waals surface area contributed by atoms with E-state index in [4.69, 9.17) is 21.4 Å². The lowest BCUT2D eigenvalue weighted by atomic mass is 10.2. The number of para-hydroxylation sites is 1. The number of amides is 2. The first-order chi connectivity index (χ1) is 13.4.